The monoisotopic (exact) mass is 205 g/mol. The molecule has 1 nitrogen and oxygen atoms in total. The maximum absolute atomic E-state index is 3.86. The second kappa shape index (κ2) is 7.27. The summed E-state index contributed by atoms with van der Waals surface area (Å²) < 4.78 is 0. The molecule has 2 saturated carbocycles. The van der Waals surface area contributed by atoms with Crippen molar-refractivity contribution in [1.82, 2.24) is 5.32 Å². The van der Waals surface area contributed by atoms with Crippen LogP contribution in [0, 0.1) is 0 Å². The van der Waals surface area contributed by atoms with Crippen LogP contribution in [0.15, 0.2) is 0 Å². The molecule has 0 bridgehead atoms. The Kier molecular flexibility index (Phi) is 6.76. The van der Waals surface area contributed by atoms with Crippen LogP contribution < -0.4 is 5.32 Å². The first-order valence-electron chi connectivity index (χ1n) is 6.21. The number of nitrogens with one attached hydrogen (secondary N) is 1. The van der Waals surface area contributed by atoms with Gasteiger partial charge >= 0.3 is 29.6 Å². The SMILES string of the molecule is C1CCC(NC2CCCCC2)CC1.[NaH]. The van der Waals surface area contributed by atoms with Crippen LogP contribution in [0.25, 0.3) is 0 Å². The number of hydrogen-bond donors (Lipinski definition) is 1. The van der Waals surface area contributed by atoms with Crippen molar-refractivity contribution in [3.8, 4) is 0 Å². The van der Waals surface area contributed by atoms with Gasteiger partial charge in [0.2, 0.25) is 0 Å². The Morgan fingerprint density at radius 2 is 0.929 bits per heavy atom. The third kappa shape index (κ3) is 4.22. The Morgan fingerprint density at radius 1 is 0.571 bits per heavy atom. The standard InChI is InChI=1S/C12H23N.Na.H/c1-3-7-11(8-4-1)13-12-9-5-2-6-10-12;;/h11-13H,1-10H2;;. The van der Waals surface area contributed by atoms with E-state index in [4.69, 9.17) is 0 Å². The molecule has 2 rings (SSSR count). The molecule has 0 aromatic heterocycles. The van der Waals surface area contributed by atoms with Gasteiger partial charge in [0.15, 0.2) is 0 Å². The van der Waals surface area contributed by atoms with Gasteiger partial charge in [0.1, 0.15) is 0 Å². The van der Waals surface area contributed by atoms with E-state index in [2.05, 4.69) is 5.32 Å². The molecule has 78 valence electrons. The van der Waals surface area contributed by atoms with Gasteiger partial charge in [-0.05, 0) is 25.7 Å². The fraction of sp³-hybridized carbons (Fsp3) is 1.00. The van der Waals surface area contributed by atoms with Gasteiger partial charge in [-0.15, -0.1) is 0 Å². The molecular formula is C12H24NNa. The fourth-order valence-electron chi connectivity index (χ4n) is 2.87. The predicted molar refractivity (Wildman–Crippen MR) is 64.0 cm³/mol. The van der Waals surface area contributed by atoms with Crippen molar-refractivity contribution in [1.29, 1.82) is 0 Å². The minimum absolute atomic E-state index is 0. The quantitative estimate of drug-likeness (QED) is 0.683. The Bertz CT molecular complexity index is 121. The van der Waals surface area contributed by atoms with Crippen LogP contribution in [0.2, 0.25) is 0 Å². The Labute approximate surface area is 111 Å². The average Bonchev–Trinajstić information content (AvgIpc) is 2.21. The predicted octanol–water partition coefficient (Wildman–Crippen LogP) is 2.59. The molecule has 0 aromatic rings. The summed E-state index contributed by atoms with van der Waals surface area (Å²) in [7, 11) is 0. The van der Waals surface area contributed by atoms with Gasteiger partial charge in [-0.2, -0.15) is 0 Å². The van der Waals surface area contributed by atoms with E-state index in [1.807, 2.05) is 0 Å². The van der Waals surface area contributed by atoms with E-state index in [-0.39, 0.29) is 29.6 Å². The molecule has 2 aliphatic rings. The van der Waals surface area contributed by atoms with Crippen molar-refractivity contribution in [3.63, 3.8) is 0 Å². The summed E-state index contributed by atoms with van der Waals surface area (Å²) >= 11 is 0. The second-order valence-corrected chi connectivity index (χ2v) is 4.84. The molecule has 2 fully saturated rings. The molecule has 0 aliphatic heterocycles. The second-order valence-electron chi connectivity index (χ2n) is 4.84. The van der Waals surface area contributed by atoms with E-state index in [9.17, 15) is 0 Å². The molecule has 2 heteroatoms. The molecule has 1 N–H and O–H groups in total. The summed E-state index contributed by atoms with van der Waals surface area (Å²) in [6.45, 7) is 0. The minimum atomic E-state index is 0. The summed E-state index contributed by atoms with van der Waals surface area (Å²) in [5.74, 6) is 0. The van der Waals surface area contributed by atoms with E-state index >= 15 is 0 Å². The van der Waals surface area contributed by atoms with E-state index in [1.165, 1.54) is 64.2 Å². The van der Waals surface area contributed by atoms with Gasteiger partial charge in [0.05, 0.1) is 0 Å². The summed E-state index contributed by atoms with van der Waals surface area (Å²) in [5.41, 5.74) is 0. The molecule has 0 unspecified atom stereocenters. The first kappa shape index (κ1) is 13.0. The molecule has 0 heterocycles. The molecule has 0 atom stereocenters. The molecule has 0 spiro atoms. The van der Waals surface area contributed by atoms with Crippen molar-refractivity contribution in [2.24, 2.45) is 0 Å². The van der Waals surface area contributed by atoms with Crippen LogP contribution in [-0.4, -0.2) is 41.6 Å². The van der Waals surface area contributed by atoms with Gasteiger partial charge in [-0.25, -0.2) is 0 Å². The average molecular weight is 205 g/mol. The number of rotatable bonds is 2. The molecule has 0 aromatic carbocycles. The van der Waals surface area contributed by atoms with Crippen LogP contribution in [0.3, 0.4) is 0 Å². The summed E-state index contributed by atoms with van der Waals surface area (Å²) in [5, 5.41) is 3.86. The topological polar surface area (TPSA) is 12.0 Å². The van der Waals surface area contributed by atoms with E-state index in [0.717, 1.165) is 12.1 Å². The third-order valence-corrected chi connectivity index (χ3v) is 3.68. The van der Waals surface area contributed by atoms with Crippen molar-refractivity contribution in [3.05, 3.63) is 0 Å². The maximum atomic E-state index is 3.86. The molecule has 0 radical (unpaired) electrons. The van der Waals surface area contributed by atoms with Crippen LogP contribution >= 0.6 is 0 Å². The number of hydrogen-bond acceptors (Lipinski definition) is 1. The summed E-state index contributed by atoms with van der Waals surface area (Å²) in [4.78, 5) is 0. The zero-order valence-electron chi connectivity index (χ0n) is 8.73. The van der Waals surface area contributed by atoms with Crippen molar-refractivity contribution < 1.29 is 0 Å². The molecule has 0 amide bonds. The zero-order valence-corrected chi connectivity index (χ0v) is 8.73. The Morgan fingerprint density at radius 3 is 1.29 bits per heavy atom. The zero-order chi connectivity index (χ0) is 8.93. The van der Waals surface area contributed by atoms with Crippen molar-refractivity contribution in [2.45, 2.75) is 76.3 Å². The third-order valence-electron chi connectivity index (χ3n) is 3.68. The molecule has 0 saturated heterocycles. The van der Waals surface area contributed by atoms with E-state index in [1.54, 1.807) is 0 Å². The normalized spacial score (nSPS) is 25.7. The van der Waals surface area contributed by atoms with Crippen LogP contribution in [0.4, 0.5) is 0 Å². The van der Waals surface area contributed by atoms with E-state index in [0.29, 0.717) is 0 Å². The Balaban J connectivity index is 0.000000980. The molecule has 14 heavy (non-hydrogen) atoms. The summed E-state index contributed by atoms with van der Waals surface area (Å²) in [6, 6.07) is 1.74. The van der Waals surface area contributed by atoms with Crippen molar-refractivity contribution in [2.75, 3.05) is 0 Å². The molecule has 2 aliphatic carbocycles. The van der Waals surface area contributed by atoms with Gasteiger partial charge < -0.3 is 5.32 Å². The van der Waals surface area contributed by atoms with Crippen molar-refractivity contribution >= 4 is 29.6 Å². The van der Waals surface area contributed by atoms with Gasteiger partial charge in [0, 0.05) is 12.1 Å². The van der Waals surface area contributed by atoms with Crippen LogP contribution in [0.1, 0.15) is 64.2 Å². The van der Waals surface area contributed by atoms with Gasteiger partial charge in [-0.3, -0.25) is 0 Å². The first-order chi connectivity index (χ1) is 6.45. The van der Waals surface area contributed by atoms with Gasteiger partial charge in [0.25, 0.3) is 0 Å². The van der Waals surface area contributed by atoms with Crippen LogP contribution in [-0.2, 0) is 0 Å². The fourth-order valence-corrected chi connectivity index (χ4v) is 2.87. The summed E-state index contributed by atoms with van der Waals surface area (Å²) in [6.07, 6.45) is 14.6. The van der Waals surface area contributed by atoms with Gasteiger partial charge in [-0.1, -0.05) is 38.5 Å². The van der Waals surface area contributed by atoms with Crippen LogP contribution in [0.5, 0.6) is 0 Å². The first-order valence-corrected chi connectivity index (χ1v) is 6.21. The van der Waals surface area contributed by atoms with E-state index < -0.39 is 0 Å². The Hall–Kier alpha value is 0.960. The molecular weight excluding hydrogens is 181 g/mol.